The molecule has 3 nitrogen and oxygen atoms in total. The van der Waals surface area contributed by atoms with Gasteiger partial charge >= 0.3 is 0 Å². The summed E-state index contributed by atoms with van der Waals surface area (Å²) in [6.45, 7) is 0.412. The Labute approximate surface area is 129 Å². The number of aromatic hydroxyl groups is 1. The molecule has 0 aliphatic heterocycles. The highest BCUT2D eigenvalue weighted by molar-refractivity contribution is 5.52. The van der Waals surface area contributed by atoms with Crippen LogP contribution in [0.3, 0.4) is 0 Å². The van der Waals surface area contributed by atoms with Crippen molar-refractivity contribution in [1.82, 2.24) is 0 Å². The number of ether oxygens (including phenoxy) is 2. The Morgan fingerprint density at radius 2 is 1.41 bits per heavy atom. The highest BCUT2D eigenvalue weighted by atomic mass is 16.5. The second-order valence-electron chi connectivity index (χ2n) is 4.79. The first-order chi connectivity index (χ1) is 10.8. The van der Waals surface area contributed by atoms with Crippen LogP contribution in [0, 0.1) is 0 Å². The van der Waals surface area contributed by atoms with Gasteiger partial charge in [0.2, 0.25) is 5.75 Å². The van der Waals surface area contributed by atoms with Gasteiger partial charge in [-0.2, -0.15) is 0 Å². The molecule has 1 N–H and O–H groups in total. The molecule has 0 saturated carbocycles. The van der Waals surface area contributed by atoms with Gasteiger partial charge in [0.25, 0.3) is 0 Å². The van der Waals surface area contributed by atoms with E-state index in [4.69, 9.17) is 9.47 Å². The lowest BCUT2D eigenvalue weighted by atomic mass is 10.2. The number of para-hydroxylation sites is 2. The van der Waals surface area contributed by atoms with E-state index >= 15 is 0 Å². The summed E-state index contributed by atoms with van der Waals surface area (Å²) >= 11 is 0. The number of phenols is 1. The summed E-state index contributed by atoms with van der Waals surface area (Å²) < 4.78 is 11.5. The summed E-state index contributed by atoms with van der Waals surface area (Å²) in [5.74, 6) is 1.53. The van der Waals surface area contributed by atoms with Crippen LogP contribution in [-0.2, 0) is 6.61 Å². The number of hydrogen-bond acceptors (Lipinski definition) is 3. The molecule has 0 aliphatic rings. The van der Waals surface area contributed by atoms with Gasteiger partial charge in [-0.25, -0.2) is 0 Å². The van der Waals surface area contributed by atoms with E-state index in [1.807, 2.05) is 60.7 Å². The van der Waals surface area contributed by atoms with Gasteiger partial charge in [-0.3, -0.25) is 0 Å². The van der Waals surface area contributed by atoms with E-state index in [1.165, 1.54) is 0 Å². The SMILES string of the molecule is Oc1cccc(OCc2ccccc2)c1Oc1ccccc1. The topological polar surface area (TPSA) is 38.7 Å². The lowest BCUT2D eigenvalue weighted by Gasteiger charge is -2.13. The van der Waals surface area contributed by atoms with Crippen molar-refractivity contribution in [2.75, 3.05) is 0 Å². The Morgan fingerprint density at radius 3 is 2.14 bits per heavy atom. The molecule has 3 aromatic carbocycles. The van der Waals surface area contributed by atoms with Crippen molar-refractivity contribution in [2.24, 2.45) is 0 Å². The van der Waals surface area contributed by atoms with E-state index in [-0.39, 0.29) is 5.75 Å². The molecule has 0 unspecified atom stereocenters. The standard InChI is InChI=1S/C19H16O3/c20-17-12-7-13-18(21-14-15-8-3-1-4-9-15)19(17)22-16-10-5-2-6-11-16/h1-13,20H,14H2. The second kappa shape index (κ2) is 6.68. The van der Waals surface area contributed by atoms with E-state index in [9.17, 15) is 5.11 Å². The van der Waals surface area contributed by atoms with E-state index in [0.717, 1.165) is 5.56 Å². The van der Waals surface area contributed by atoms with Crippen molar-refractivity contribution in [1.29, 1.82) is 0 Å². The first-order valence-electron chi connectivity index (χ1n) is 7.04. The Balaban J connectivity index is 1.80. The molecule has 0 fully saturated rings. The zero-order chi connectivity index (χ0) is 15.2. The Kier molecular flexibility index (Phi) is 4.25. The average molecular weight is 292 g/mol. The van der Waals surface area contributed by atoms with Crippen molar-refractivity contribution < 1.29 is 14.6 Å². The maximum Gasteiger partial charge on any atom is 0.210 e. The number of phenolic OH excluding ortho intramolecular Hbond substituents is 1. The fourth-order valence-corrected chi connectivity index (χ4v) is 2.06. The molecule has 3 aromatic rings. The van der Waals surface area contributed by atoms with Gasteiger partial charge in [0.15, 0.2) is 11.5 Å². The van der Waals surface area contributed by atoms with Crippen LogP contribution >= 0.6 is 0 Å². The largest absolute Gasteiger partial charge is 0.504 e. The monoisotopic (exact) mass is 292 g/mol. The molecule has 22 heavy (non-hydrogen) atoms. The first-order valence-corrected chi connectivity index (χ1v) is 7.04. The average Bonchev–Trinajstić information content (AvgIpc) is 2.57. The summed E-state index contributed by atoms with van der Waals surface area (Å²) in [4.78, 5) is 0. The predicted octanol–water partition coefficient (Wildman–Crippen LogP) is 4.76. The Hall–Kier alpha value is -2.94. The molecule has 0 radical (unpaired) electrons. The maximum absolute atomic E-state index is 10.0. The first kappa shape index (κ1) is 14.0. The van der Waals surface area contributed by atoms with Crippen LogP contribution in [0.25, 0.3) is 0 Å². The van der Waals surface area contributed by atoms with Gasteiger partial charge < -0.3 is 14.6 Å². The summed E-state index contributed by atoms with van der Waals surface area (Å²) in [6.07, 6.45) is 0. The van der Waals surface area contributed by atoms with Crippen LogP contribution in [-0.4, -0.2) is 5.11 Å². The molecule has 3 heteroatoms. The zero-order valence-electron chi connectivity index (χ0n) is 12.0. The summed E-state index contributed by atoms with van der Waals surface area (Å²) in [6, 6.07) is 24.3. The normalized spacial score (nSPS) is 10.2. The molecule has 0 aromatic heterocycles. The summed E-state index contributed by atoms with van der Waals surface area (Å²) in [5, 5.41) is 10.0. The molecule has 3 rings (SSSR count). The minimum atomic E-state index is 0.0504. The Morgan fingerprint density at radius 1 is 0.727 bits per heavy atom. The van der Waals surface area contributed by atoms with Gasteiger partial charge in [-0.15, -0.1) is 0 Å². The molecular weight excluding hydrogens is 276 g/mol. The van der Waals surface area contributed by atoms with E-state index in [2.05, 4.69) is 0 Å². The minimum absolute atomic E-state index is 0.0504. The van der Waals surface area contributed by atoms with Crippen molar-refractivity contribution in [2.45, 2.75) is 6.61 Å². The summed E-state index contributed by atoms with van der Waals surface area (Å²) in [7, 11) is 0. The maximum atomic E-state index is 10.0. The van der Waals surface area contributed by atoms with Crippen molar-refractivity contribution >= 4 is 0 Å². The zero-order valence-corrected chi connectivity index (χ0v) is 12.0. The van der Waals surface area contributed by atoms with Crippen LogP contribution in [0.15, 0.2) is 78.9 Å². The number of rotatable bonds is 5. The molecule has 0 spiro atoms. The molecule has 0 saturated heterocycles. The van der Waals surface area contributed by atoms with Gasteiger partial charge in [-0.05, 0) is 29.8 Å². The third-order valence-electron chi connectivity index (χ3n) is 3.16. The molecule has 0 aliphatic carbocycles. The van der Waals surface area contributed by atoms with E-state index in [0.29, 0.717) is 23.9 Å². The van der Waals surface area contributed by atoms with Gasteiger partial charge in [0.1, 0.15) is 12.4 Å². The fraction of sp³-hybridized carbons (Fsp3) is 0.0526. The van der Waals surface area contributed by atoms with E-state index in [1.54, 1.807) is 18.2 Å². The molecule has 0 amide bonds. The van der Waals surface area contributed by atoms with E-state index < -0.39 is 0 Å². The van der Waals surface area contributed by atoms with Crippen LogP contribution < -0.4 is 9.47 Å². The number of benzene rings is 3. The fourth-order valence-electron chi connectivity index (χ4n) is 2.06. The highest BCUT2D eigenvalue weighted by Crippen LogP contribution is 2.39. The van der Waals surface area contributed by atoms with Crippen molar-refractivity contribution in [3.8, 4) is 23.0 Å². The molecular formula is C19H16O3. The third-order valence-corrected chi connectivity index (χ3v) is 3.16. The van der Waals surface area contributed by atoms with Gasteiger partial charge in [0.05, 0.1) is 0 Å². The lowest BCUT2D eigenvalue weighted by Crippen LogP contribution is -1.97. The number of hydrogen-bond donors (Lipinski definition) is 1. The summed E-state index contributed by atoms with van der Waals surface area (Å²) in [5.41, 5.74) is 1.05. The smallest absolute Gasteiger partial charge is 0.210 e. The van der Waals surface area contributed by atoms with Crippen LogP contribution in [0.2, 0.25) is 0 Å². The molecule has 0 bridgehead atoms. The molecule has 0 heterocycles. The third kappa shape index (κ3) is 3.38. The molecule has 110 valence electrons. The van der Waals surface area contributed by atoms with Crippen LogP contribution in [0.1, 0.15) is 5.56 Å². The predicted molar refractivity (Wildman–Crippen MR) is 85.4 cm³/mol. The van der Waals surface area contributed by atoms with Gasteiger partial charge in [-0.1, -0.05) is 54.6 Å². The molecule has 0 atom stereocenters. The van der Waals surface area contributed by atoms with Crippen molar-refractivity contribution in [3.63, 3.8) is 0 Å². The van der Waals surface area contributed by atoms with Crippen LogP contribution in [0.5, 0.6) is 23.0 Å². The highest BCUT2D eigenvalue weighted by Gasteiger charge is 2.12. The quantitative estimate of drug-likeness (QED) is 0.736. The van der Waals surface area contributed by atoms with Crippen LogP contribution in [0.4, 0.5) is 0 Å². The van der Waals surface area contributed by atoms with Crippen molar-refractivity contribution in [3.05, 3.63) is 84.4 Å². The lowest BCUT2D eigenvalue weighted by molar-refractivity contribution is 0.286. The van der Waals surface area contributed by atoms with Gasteiger partial charge in [0, 0.05) is 0 Å². The second-order valence-corrected chi connectivity index (χ2v) is 4.79. The Bertz CT molecular complexity index is 724. The minimum Gasteiger partial charge on any atom is -0.504 e.